The highest BCUT2D eigenvalue weighted by atomic mass is 16.3. The summed E-state index contributed by atoms with van der Waals surface area (Å²) in [6, 6.07) is 187. The van der Waals surface area contributed by atoms with E-state index in [1.807, 2.05) is 48.5 Å². The predicted octanol–water partition coefficient (Wildman–Crippen LogP) is 37.8. The van der Waals surface area contributed by atoms with Crippen LogP contribution in [0.25, 0.3) is 164 Å². The molecule has 652 valence electrons. The first kappa shape index (κ1) is 82.6. The minimum atomic E-state index is 0.890. The lowest BCUT2D eigenvalue weighted by Gasteiger charge is -2.28. The van der Waals surface area contributed by atoms with Crippen molar-refractivity contribution in [1.82, 2.24) is 0 Å². The maximum Gasteiger partial charge on any atom is 0.160 e. The highest BCUT2D eigenvalue weighted by Gasteiger charge is 2.29. The van der Waals surface area contributed by atoms with Crippen LogP contribution in [0.3, 0.4) is 0 Å². The summed E-state index contributed by atoms with van der Waals surface area (Å²) >= 11 is 0. The third-order valence-electron chi connectivity index (χ3n) is 26.1. The molecule has 0 unspecified atom stereocenters. The summed E-state index contributed by atoms with van der Waals surface area (Å²) < 4.78 is 26.2. The fourth-order valence-electron chi connectivity index (χ4n) is 19.9. The lowest BCUT2D eigenvalue weighted by molar-refractivity contribution is 0.669. The Hall–Kier alpha value is -18.5. The Bertz CT molecular complexity index is 9050. The number of para-hydroxylation sites is 10. The average Bonchev–Trinajstić information content (AvgIpc) is 1.53. The first-order chi connectivity index (χ1) is 68.5. The molecule has 0 aliphatic heterocycles. The van der Waals surface area contributed by atoms with Crippen LogP contribution >= 0.6 is 0 Å². The van der Waals surface area contributed by atoms with Crippen molar-refractivity contribution in [2.24, 2.45) is 0 Å². The molecular formula is C130H88N4O4. The Morgan fingerprint density at radius 1 is 0.130 bits per heavy atom. The number of fused-ring (bicyclic) bond motifs is 20. The van der Waals surface area contributed by atoms with Gasteiger partial charge < -0.3 is 37.3 Å². The molecule has 23 aromatic carbocycles. The Morgan fingerprint density at radius 3 is 0.696 bits per heavy atom. The van der Waals surface area contributed by atoms with Crippen LogP contribution in [0.1, 0.15) is 0 Å². The molecule has 0 spiro atoms. The van der Waals surface area contributed by atoms with Gasteiger partial charge in [-0.25, -0.2) is 0 Å². The predicted molar refractivity (Wildman–Crippen MR) is 580 cm³/mol. The van der Waals surface area contributed by atoms with Gasteiger partial charge in [-0.05, 0) is 210 Å². The normalized spacial score (nSPS) is 11.3. The molecule has 27 aromatic rings. The van der Waals surface area contributed by atoms with Crippen molar-refractivity contribution < 1.29 is 17.7 Å². The number of anilines is 12. The van der Waals surface area contributed by atoms with E-state index in [2.05, 4.69) is 505 Å². The summed E-state index contributed by atoms with van der Waals surface area (Å²) in [4.78, 5) is 9.21. The van der Waals surface area contributed by atoms with Crippen molar-refractivity contribution in [3.63, 3.8) is 0 Å². The second-order valence-corrected chi connectivity index (χ2v) is 34.4. The zero-order chi connectivity index (χ0) is 91.6. The van der Waals surface area contributed by atoms with Gasteiger partial charge in [-0.15, -0.1) is 0 Å². The van der Waals surface area contributed by atoms with E-state index in [1.165, 1.54) is 76.5 Å². The van der Waals surface area contributed by atoms with Gasteiger partial charge in [0.25, 0.3) is 0 Å². The largest absolute Gasteiger partial charge is 0.454 e. The van der Waals surface area contributed by atoms with Crippen molar-refractivity contribution in [2.75, 3.05) is 19.6 Å². The highest BCUT2D eigenvalue weighted by Crippen LogP contribution is 2.53. The summed E-state index contributed by atoms with van der Waals surface area (Å²) in [7, 11) is 0. The van der Waals surface area contributed by atoms with Gasteiger partial charge in [0.05, 0.1) is 28.4 Å². The van der Waals surface area contributed by atoms with Gasteiger partial charge in [0.15, 0.2) is 22.3 Å². The van der Waals surface area contributed by atoms with E-state index in [1.54, 1.807) is 0 Å². The molecule has 0 aliphatic rings. The van der Waals surface area contributed by atoms with Gasteiger partial charge in [-0.2, -0.15) is 0 Å². The van der Waals surface area contributed by atoms with Gasteiger partial charge >= 0.3 is 0 Å². The molecule has 4 heterocycles. The second-order valence-electron chi connectivity index (χ2n) is 34.4. The lowest BCUT2D eigenvalue weighted by atomic mass is 9.99. The lowest BCUT2D eigenvalue weighted by Crippen LogP contribution is -2.11. The summed E-state index contributed by atoms with van der Waals surface area (Å²) in [5.41, 5.74) is 27.1. The zero-order valence-corrected chi connectivity index (χ0v) is 75.2. The first-order valence-corrected chi connectivity index (χ1v) is 46.8. The Kier molecular flexibility index (Phi) is 21.9. The summed E-state index contributed by atoms with van der Waals surface area (Å²) in [6.45, 7) is 0. The van der Waals surface area contributed by atoms with Crippen LogP contribution in [0.4, 0.5) is 68.2 Å². The molecular weight excluding hydrogens is 1680 g/mol. The monoisotopic (exact) mass is 1770 g/mol. The first-order valence-electron chi connectivity index (χ1n) is 46.8. The van der Waals surface area contributed by atoms with Gasteiger partial charge in [0.1, 0.15) is 22.3 Å². The van der Waals surface area contributed by atoms with E-state index in [-0.39, 0.29) is 0 Å². The van der Waals surface area contributed by atoms with Crippen LogP contribution in [-0.2, 0) is 0 Å². The number of furan rings is 4. The van der Waals surface area contributed by atoms with Crippen molar-refractivity contribution >= 4 is 199 Å². The number of hydrogen-bond donors (Lipinski definition) is 0. The number of benzene rings is 23. The molecule has 8 heteroatoms. The smallest absolute Gasteiger partial charge is 0.160 e. The molecule has 0 aliphatic carbocycles. The van der Waals surface area contributed by atoms with E-state index in [4.69, 9.17) is 17.7 Å². The molecule has 0 saturated carbocycles. The minimum Gasteiger partial charge on any atom is -0.454 e. The fraction of sp³-hybridized carbons (Fsp3) is 0. The molecule has 0 radical (unpaired) electrons. The standard InChI is InChI=1S/3C34H23NO.C28H19NO/c1-3-13-24(14-4-1)27-18-9-11-21-30(27)35(26-16-5-2-6-17-26)31-23-25-15-7-8-19-28(25)33-29-20-10-12-22-32(29)36-34(31)33;1-3-12-24(13-4-1)25-15-11-18-28(22-25)35(27-16-5-2-6-17-27)31-23-26-14-7-8-19-29(26)33-30-20-9-10-21-32(30)36-34(31)33;1-3-11-24(12-4-1)25-19-21-28(22-20-25)35(27-14-5-2-6-15-27)31-23-26-13-7-8-16-29(26)33-30-17-9-10-18-32(30)36-34(31)33;1-3-12-21(13-4-1)29(22-14-5-2-6-15-22)25-19-20-11-7-8-16-23(20)27-24-17-9-10-18-26(24)30-28(25)27/h3*1-23H;1-19H. The second kappa shape index (κ2) is 36.6. The number of rotatable bonds is 15. The molecule has 4 aromatic heterocycles. The fourth-order valence-corrected chi connectivity index (χ4v) is 19.9. The van der Waals surface area contributed by atoms with Gasteiger partial charge in [0.2, 0.25) is 0 Å². The molecule has 0 amide bonds. The summed E-state index contributed by atoms with van der Waals surface area (Å²) in [5.74, 6) is 0. The van der Waals surface area contributed by atoms with Crippen LogP contribution in [0.15, 0.2) is 552 Å². The maximum absolute atomic E-state index is 6.62. The Morgan fingerprint density at radius 2 is 0.355 bits per heavy atom. The van der Waals surface area contributed by atoms with E-state index in [0.29, 0.717) is 0 Å². The van der Waals surface area contributed by atoms with Gasteiger partial charge in [-0.1, -0.05) is 394 Å². The van der Waals surface area contributed by atoms with Crippen molar-refractivity contribution in [1.29, 1.82) is 0 Å². The van der Waals surface area contributed by atoms with Crippen molar-refractivity contribution in [2.45, 2.75) is 0 Å². The van der Waals surface area contributed by atoms with Crippen molar-refractivity contribution in [3.8, 4) is 33.4 Å². The molecule has 138 heavy (non-hydrogen) atoms. The van der Waals surface area contributed by atoms with Gasteiger partial charge in [0, 0.05) is 88.5 Å². The SMILES string of the molecule is c1ccc(-c2ccc(N(c3ccccc3)c3cc4ccccc4c4c3oc3ccccc34)cc2)cc1.c1ccc(-c2cccc(N(c3ccccc3)c3cc4ccccc4c4c3oc3ccccc34)c2)cc1.c1ccc(-c2ccccc2N(c2ccccc2)c2cc3ccccc3c3c2oc2ccccc23)cc1.c1ccc(N(c2ccccc2)c2cc3ccccc3c3c2oc2ccccc23)cc1. The van der Waals surface area contributed by atoms with Crippen LogP contribution < -0.4 is 19.6 Å². The molecule has 0 bridgehead atoms. The third kappa shape index (κ3) is 15.5. The van der Waals surface area contributed by atoms with E-state index >= 15 is 0 Å². The molecule has 0 N–H and O–H groups in total. The van der Waals surface area contributed by atoms with E-state index in [0.717, 1.165) is 156 Å². The van der Waals surface area contributed by atoms with Crippen LogP contribution in [0, 0.1) is 0 Å². The number of hydrogen-bond acceptors (Lipinski definition) is 8. The highest BCUT2D eigenvalue weighted by molar-refractivity contribution is 6.27. The molecule has 0 fully saturated rings. The maximum atomic E-state index is 6.62. The van der Waals surface area contributed by atoms with Crippen LogP contribution in [0.5, 0.6) is 0 Å². The zero-order valence-electron chi connectivity index (χ0n) is 75.2. The van der Waals surface area contributed by atoms with Crippen LogP contribution in [0.2, 0.25) is 0 Å². The molecule has 27 rings (SSSR count). The van der Waals surface area contributed by atoms with E-state index < -0.39 is 0 Å². The molecule has 0 atom stereocenters. The van der Waals surface area contributed by atoms with Crippen LogP contribution in [-0.4, -0.2) is 0 Å². The Balaban J connectivity index is 0.000000100. The molecule has 0 saturated heterocycles. The summed E-state index contributed by atoms with van der Waals surface area (Å²) in [5, 5.41) is 18.7. The third-order valence-corrected chi connectivity index (χ3v) is 26.1. The van der Waals surface area contributed by atoms with Crippen molar-refractivity contribution in [3.05, 3.63) is 534 Å². The number of nitrogens with zero attached hydrogens (tertiary/aromatic N) is 4. The minimum absolute atomic E-state index is 0.890. The summed E-state index contributed by atoms with van der Waals surface area (Å²) in [6.07, 6.45) is 0. The van der Waals surface area contributed by atoms with E-state index in [9.17, 15) is 0 Å². The average molecular weight is 1770 g/mol. The quantitative estimate of drug-likeness (QED) is 0.101. The Labute approximate surface area is 798 Å². The van der Waals surface area contributed by atoms with Gasteiger partial charge in [-0.3, -0.25) is 0 Å². The molecule has 8 nitrogen and oxygen atoms in total. The topological polar surface area (TPSA) is 65.5 Å².